The number of nitrogens with zero attached hydrogens (tertiary/aromatic N) is 3. The lowest BCUT2D eigenvalue weighted by molar-refractivity contribution is -0.155. The van der Waals surface area contributed by atoms with Gasteiger partial charge in [-0.15, -0.1) is 0 Å². The van der Waals surface area contributed by atoms with Crippen molar-refractivity contribution in [3.63, 3.8) is 0 Å². The molecule has 0 fully saturated rings. The number of pyridine rings is 1. The van der Waals surface area contributed by atoms with Crippen LogP contribution >= 0.6 is 0 Å². The van der Waals surface area contributed by atoms with Crippen molar-refractivity contribution in [2.24, 2.45) is 5.10 Å². The van der Waals surface area contributed by atoms with Crippen molar-refractivity contribution in [2.45, 2.75) is 26.0 Å². The van der Waals surface area contributed by atoms with E-state index in [-0.39, 0.29) is 5.91 Å². The number of aromatic nitrogens is 1. The summed E-state index contributed by atoms with van der Waals surface area (Å²) < 4.78 is 0. The molecule has 1 aliphatic heterocycles. The molecule has 16 heavy (non-hydrogen) atoms. The zero-order chi connectivity index (χ0) is 11.8. The molecule has 0 unspecified atom stereocenters. The highest BCUT2D eigenvalue weighted by Gasteiger charge is 2.43. The molecule has 1 aromatic heterocycles. The van der Waals surface area contributed by atoms with Gasteiger partial charge in [0.1, 0.15) is 0 Å². The van der Waals surface area contributed by atoms with Gasteiger partial charge in [0, 0.05) is 37.0 Å². The molecule has 0 saturated heterocycles. The minimum atomic E-state index is -1.36. The molecule has 1 atom stereocenters. The smallest absolute Gasteiger partial charge is 0.242 e. The first-order valence-corrected chi connectivity index (χ1v) is 5.02. The Hall–Kier alpha value is -1.75. The Morgan fingerprint density at radius 1 is 1.50 bits per heavy atom. The topological polar surface area (TPSA) is 65.8 Å². The molecule has 0 bridgehead atoms. The number of hydrogen-bond donors (Lipinski definition) is 1. The first-order chi connectivity index (χ1) is 7.54. The number of aliphatic hydroxyl groups is 1. The molecule has 84 valence electrons. The lowest BCUT2D eigenvalue weighted by Crippen LogP contribution is -2.42. The van der Waals surface area contributed by atoms with Crippen LogP contribution in [0.5, 0.6) is 0 Å². The maximum absolute atomic E-state index is 11.4. The minimum Gasteiger partial charge on any atom is -0.365 e. The fourth-order valence-corrected chi connectivity index (χ4v) is 1.89. The second kappa shape index (κ2) is 3.68. The van der Waals surface area contributed by atoms with Crippen molar-refractivity contribution in [2.75, 3.05) is 0 Å². The zero-order valence-corrected chi connectivity index (χ0v) is 9.21. The van der Waals surface area contributed by atoms with Crippen molar-refractivity contribution in [1.82, 2.24) is 9.99 Å². The van der Waals surface area contributed by atoms with Crippen LogP contribution in [0.25, 0.3) is 0 Å². The molecule has 0 spiro atoms. The van der Waals surface area contributed by atoms with Crippen LogP contribution < -0.4 is 0 Å². The molecule has 1 aliphatic rings. The Kier molecular flexibility index (Phi) is 2.47. The summed E-state index contributed by atoms with van der Waals surface area (Å²) in [6, 6.07) is 3.37. The van der Waals surface area contributed by atoms with Gasteiger partial charge in [-0.05, 0) is 19.1 Å². The van der Waals surface area contributed by atoms with E-state index in [4.69, 9.17) is 0 Å². The molecule has 0 saturated carbocycles. The third-order valence-corrected chi connectivity index (χ3v) is 2.56. The molecule has 5 nitrogen and oxygen atoms in total. The van der Waals surface area contributed by atoms with Gasteiger partial charge in [0.15, 0.2) is 5.72 Å². The predicted molar refractivity (Wildman–Crippen MR) is 58.4 cm³/mol. The maximum atomic E-state index is 11.4. The number of hydrazone groups is 1. The second-order valence-electron chi connectivity index (χ2n) is 3.90. The summed E-state index contributed by atoms with van der Waals surface area (Å²) in [7, 11) is 0. The SMILES string of the molecule is CC(=O)N1N=C(C)C[C@@]1(O)c1ccncc1. The Morgan fingerprint density at radius 3 is 2.69 bits per heavy atom. The predicted octanol–water partition coefficient (Wildman–Crippen LogP) is 0.855. The fourth-order valence-electron chi connectivity index (χ4n) is 1.89. The van der Waals surface area contributed by atoms with Gasteiger partial charge >= 0.3 is 0 Å². The van der Waals surface area contributed by atoms with Crippen LogP contribution in [0, 0.1) is 0 Å². The van der Waals surface area contributed by atoms with Crippen LogP contribution in [-0.4, -0.2) is 26.7 Å². The minimum absolute atomic E-state index is 0.281. The largest absolute Gasteiger partial charge is 0.365 e. The average molecular weight is 219 g/mol. The van der Waals surface area contributed by atoms with E-state index in [1.807, 2.05) is 0 Å². The van der Waals surface area contributed by atoms with E-state index in [1.165, 1.54) is 6.92 Å². The van der Waals surface area contributed by atoms with Crippen LogP contribution in [0.3, 0.4) is 0 Å². The van der Waals surface area contributed by atoms with E-state index in [9.17, 15) is 9.90 Å². The highest BCUT2D eigenvalue weighted by molar-refractivity contribution is 5.88. The average Bonchev–Trinajstić information content (AvgIpc) is 2.57. The Balaban J connectivity index is 2.43. The van der Waals surface area contributed by atoms with Crippen LogP contribution in [0.4, 0.5) is 0 Å². The number of amides is 1. The molecule has 0 aromatic carbocycles. The van der Waals surface area contributed by atoms with E-state index in [0.29, 0.717) is 12.0 Å². The third-order valence-electron chi connectivity index (χ3n) is 2.56. The van der Waals surface area contributed by atoms with E-state index < -0.39 is 5.72 Å². The summed E-state index contributed by atoms with van der Waals surface area (Å²) in [5.74, 6) is -0.281. The van der Waals surface area contributed by atoms with Crippen molar-refractivity contribution in [1.29, 1.82) is 0 Å². The maximum Gasteiger partial charge on any atom is 0.242 e. The first kappa shape index (κ1) is 10.8. The van der Waals surface area contributed by atoms with Gasteiger partial charge in [0.2, 0.25) is 5.91 Å². The van der Waals surface area contributed by atoms with Gasteiger partial charge in [-0.2, -0.15) is 10.1 Å². The van der Waals surface area contributed by atoms with Gasteiger partial charge in [0.05, 0.1) is 0 Å². The lowest BCUT2D eigenvalue weighted by Gasteiger charge is -2.30. The monoisotopic (exact) mass is 219 g/mol. The Bertz CT molecular complexity index is 444. The number of carbonyl (C=O) groups excluding carboxylic acids is 1. The number of hydrogen-bond acceptors (Lipinski definition) is 4. The number of rotatable bonds is 1. The molecule has 1 N–H and O–H groups in total. The quantitative estimate of drug-likeness (QED) is 0.761. The summed E-state index contributed by atoms with van der Waals surface area (Å²) in [5.41, 5.74) is -0.00779. The summed E-state index contributed by atoms with van der Waals surface area (Å²) in [5, 5.41) is 15.7. The Morgan fingerprint density at radius 2 is 2.12 bits per heavy atom. The van der Waals surface area contributed by atoms with E-state index in [1.54, 1.807) is 31.5 Å². The van der Waals surface area contributed by atoms with E-state index in [0.717, 1.165) is 10.7 Å². The van der Waals surface area contributed by atoms with E-state index in [2.05, 4.69) is 10.1 Å². The van der Waals surface area contributed by atoms with Gasteiger partial charge < -0.3 is 5.11 Å². The lowest BCUT2D eigenvalue weighted by atomic mass is 9.99. The van der Waals surface area contributed by atoms with Crippen molar-refractivity contribution in [3.8, 4) is 0 Å². The van der Waals surface area contributed by atoms with Crippen molar-refractivity contribution in [3.05, 3.63) is 30.1 Å². The van der Waals surface area contributed by atoms with Crippen LogP contribution in [0.1, 0.15) is 25.8 Å². The van der Waals surface area contributed by atoms with Crippen LogP contribution in [0.2, 0.25) is 0 Å². The zero-order valence-electron chi connectivity index (χ0n) is 9.21. The number of carbonyl (C=O) groups is 1. The third kappa shape index (κ3) is 1.59. The molecular weight excluding hydrogens is 206 g/mol. The van der Waals surface area contributed by atoms with Gasteiger partial charge in [-0.25, -0.2) is 0 Å². The highest BCUT2D eigenvalue weighted by atomic mass is 16.3. The molecular formula is C11H13N3O2. The van der Waals surface area contributed by atoms with Crippen molar-refractivity contribution < 1.29 is 9.90 Å². The van der Waals surface area contributed by atoms with E-state index >= 15 is 0 Å². The second-order valence-corrected chi connectivity index (χ2v) is 3.90. The molecule has 2 rings (SSSR count). The van der Waals surface area contributed by atoms with Gasteiger partial charge in [0.25, 0.3) is 0 Å². The van der Waals surface area contributed by atoms with Crippen LogP contribution in [0.15, 0.2) is 29.6 Å². The summed E-state index contributed by atoms with van der Waals surface area (Å²) in [6.07, 6.45) is 3.50. The highest BCUT2D eigenvalue weighted by Crippen LogP contribution is 2.34. The van der Waals surface area contributed by atoms with Crippen LogP contribution in [-0.2, 0) is 10.5 Å². The summed E-state index contributed by atoms with van der Waals surface area (Å²) >= 11 is 0. The first-order valence-electron chi connectivity index (χ1n) is 5.02. The molecule has 0 radical (unpaired) electrons. The normalized spacial score (nSPS) is 24.4. The van der Waals surface area contributed by atoms with Gasteiger partial charge in [-0.3, -0.25) is 9.78 Å². The molecule has 5 heteroatoms. The summed E-state index contributed by atoms with van der Waals surface area (Å²) in [4.78, 5) is 15.3. The molecule has 2 heterocycles. The Labute approximate surface area is 93.4 Å². The molecule has 1 amide bonds. The van der Waals surface area contributed by atoms with Gasteiger partial charge in [-0.1, -0.05) is 0 Å². The molecule has 0 aliphatic carbocycles. The molecule has 1 aromatic rings. The standard InChI is InChI=1S/C11H13N3O2/c1-8-7-11(16,14(13-8)9(2)15)10-3-5-12-6-4-10/h3-6,16H,7H2,1-2H3/t11-/m1/s1. The van der Waals surface area contributed by atoms with Crippen molar-refractivity contribution >= 4 is 11.6 Å². The fraction of sp³-hybridized carbons (Fsp3) is 0.364. The summed E-state index contributed by atoms with van der Waals surface area (Å²) in [6.45, 7) is 3.17.